The predicted molar refractivity (Wildman–Crippen MR) is 67.3 cm³/mol. The first-order chi connectivity index (χ1) is 9.11. The molecule has 0 spiro atoms. The van der Waals surface area contributed by atoms with Gasteiger partial charge in [-0.1, -0.05) is 0 Å². The van der Waals surface area contributed by atoms with Crippen LogP contribution in [-0.2, 0) is 0 Å². The summed E-state index contributed by atoms with van der Waals surface area (Å²) >= 11 is 0. The molecule has 2 heterocycles. The molecule has 0 unspecified atom stereocenters. The molecule has 2 rings (SSSR count). The van der Waals surface area contributed by atoms with Gasteiger partial charge in [0, 0.05) is 18.3 Å². The van der Waals surface area contributed by atoms with E-state index in [2.05, 4.69) is 10.3 Å². The molecule has 19 heavy (non-hydrogen) atoms. The fourth-order valence-electron chi connectivity index (χ4n) is 2.20. The van der Waals surface area contributed by atoms with Crippen LogP contribution in [0, 0.1) is 10.1 Å². The number of anilines is 1. The molecule has 1 fully saturated rings. The highest BCUT2D eigenvalue weighted by Crippen LogP contribution is 2.28. The molecule has 0 aromatic carbocycles. The molecular formula is C11H14N4O4. The molecule has 0 atom stereocenters. The Morgan fingerprint density at radius 1 is 1.53 bits per heavy atom. The fraction of sp³-hybridized carbons (Fsp3) is 0.455. The van der Waals surface area contributed by atoms with Gasteiger partial charge in [0.25, 0.3) is 0 Å². The zero-order valence-corrected chi connectivity index (χ0v) is 10.2. The highest BCUT2D eigenvalue weighted by atomic mass is 16.6. The summed E-state index contributed by atoms with van der Waals surface area (Å²) in [6.45, 7) is 1.38. The standard InChI is InChI=1S/C11H14N4O4/c16-11(17)14(8-3-6-12-7-4-8)10-9(15(18)19)2-1-5-13-10/h1-2,5,8,12H,3-4,6-7H2,(H,16,17). The van der Waals surface area contributed by atoms with Crippen molar-refractivity contribution in [2.75, 3.05) is 18.0 Å². The second kappa shape index (κ2) is 5.61. The predicted octanol–water partition coefficient (Wildman–Crippen LogP) is 1.23. The van der Waals surface area contributed by atoms with Gasteiger partial charge in [0.2, 0.25) is 5.82 Å². The summed E-state index contributed by atoms with van der Waals surface area (Å²) in [5, 5.41) is 23.4. The van der Waals surface area contributed by atoms with Gasteiger partial charge in [-0.15, -0.1) is 0 Å². The quantitative estimate of drug-likeness (QED) is 0.629. The van der Waals surface area contributed by atoms with Crippen molar-refractivity contribution >= 4 is 17.6 Å². The van der Waals surface area contributed by atoms with Crippen molar-refractivity contribution in [2.24, 2.45) is 0 Å². The number of pyridine rings is 1. The van der Waals surface area contributed by atoms with Crippen molar-refractivity contribution in [2.45, 2.75) is 18.9 Å². The van der Waals surface area contributed by atoms with Crippen LogP contribution in [0.3, 0.4) is 0 Å². The summed E-state index contributed by atoms with van der Waals surface area (Å²) in [5.74, 6) is -0.105. The summed E-state index contributed by atoms with van der Waals surface area (Å²) < 4.78 is 0. The van der Waals surface area contributed by atoms with Crippen molar-refractivity contribution < 1.29 is 14.8 Å². The number of carboxylic acid groups (broad SMARTS) is 1. The normalized spacial score (nSPS) is 16.0. The molecule has 0 radical (unpaired) electrons. The zero-order chi connectivity index (χ0) is 13.8. The van der Waals surface area contributed by atoms with E-state index in [9.17, 15) is 20.0 Å². The van der Waals surface area contributed by atoms with Crippen LogP contribution in [-0.4, -0.2) is 40.2 Å². The number of piperidine rings is 1. The first-order valence-electron chi connectivity index (χ1n) is 5.93. The van der Waals surface area contributed by atoms with Crippen LogP contribution in [0.1, 0.15) is 12.8 Å². The number of aromatic nitrogens is 1. The van der Waals surface area contributed by atoms with Gasteiger partial charge >= 0.3 is 11.8 Å². The van der Waals surface area contributed by atoms with E-state index in [-0.39, 0.29) is 17.5 Å². The Labute approximate surface area is 109 Å². The average molecular weight is 266 g/mol. The highest BCUT2D eigenvalue weighted by molar-refractivity contribution is 5.88. The maximum absolute atomic E-state index is 11.4. The van der Waals surface area contributed by atoms with Crippen LogP contribution < -0.4 is 10.2 Å². The van der Waals surface area contributed by atoms with E-state index in [0.29, 0.717) is 25.9 Å². The van der Waals surface area contributed by atoms with Gasteiger partial charge in [0.1, 0.15) is 0 Å². The first-order valence-corrected chi connectivity index (χ1v) is 5.93. The second-order valence-electron chi connectivity index (χ2n) is 4.24. The van der Waals surface area contributed by atoms with Crippen LogP contribution in [0.2, 0.25) is 0 Å². The summed E-state index contributed by atoms with van der Waals surface area (Å²) in [5.41, 5.74) is -0.288. The third-order valence-corrected chi connectivity index (χ3v) is 3.07. The lowest BCUT2D eigenvalue weighted by molar-refractivity contribution is -0.384. The largest absolute Gasteiger partial charge is 0.465 e. The summed E-state index contributed by atoms with van der Waals surface area (Å²) in [4.78, 5) is 26.7. The molecule has 8 heteroatoms. The minimum Gasteiger partial charge on any atom is -0.465 e. The fourth-order valence-corrected chi connectivity index (χ4v) is 2.20. The van der Waals surface area contributed by atoms with Crippen LogP contribution >= 0.6 is 0 Å². The van der Waals surface area contributed by atoms with Gasteiger partial charge in [-0.2, -0.15) is 0 Å². The zero-order valence-electron chi connectivity index (χ0n) is 10.2. The Morgan fingerprint density at radius 2 is 2.21 bits per heavy atom. The maximum Gasteiger partial charge on any atom is 0.413 e. The van der Waals surface area contributed by atoms with Gasteiger partial charge in [-0.05, 0) is 32.0 Å². The number of nitro groups is 1. The Balaban J connectivity index is 2.38. The summed E-state index contributed by atoms with van der Waals surface area (Å²) in [6.07, 6.45) is 1.37. The Hall–Kier alpha value is -2.22. The van der Waals surface area contributed by atoms with E-state index < -0.39 is 11.0 Å². The minimum absolute atomic E-state index is 0.105. The molecule has 1 aromatic rings. The molecule has 8 nitrogen and oxygen atoms in total. The maximum atomic E-state index is 11.4. The summed E-state index contributed by atoms with van der Waals surface area (Å²) in [6, 6.07) is 2.40. The van der Waals surface area contributed by atoms with E-state index in [1.165, 1.54) is 18.3 Å². The van der Waals surface area contributed by atoms with Crippen LogP contribution in [0.15, 0.2) is 18.3 Å². The number of hydrogen-bond donors (Lipinski definition) is 2. The minimum atomic E-state index is -1.21. The average Bonchev–Trinajstić information content (AvgIpc) is 2.40. The molecule has 2 N–H and O–H groups in total. The molecule has 1 aliphatic rings. The summed E-state index contributed by atoms with van der Waals surface area (Å²) in [7, 11) is 0. The molecule has 0 saturated carbocycles. The molecule has 102 valence electrons. The van der Waals surface area contributed by atoms with Gasteiger partial charge < -0.3 is 10.4 Å². The number of nitrogens with one attached hydrogen (secondary N) is 1. The molecule has 1 saturated heterocycles. The number of rotatable bonds is 3. The van der Waals surface area contributed by atoms with Crippen molar-refractivity contribution in [1.29, 1.82) is 0 Å². The van der Waals surface area contributed by atoms with Crippen molar-refractivity contribution in [3.63, 3.8) is 0 Å². The van der Waals surface area contributed by atoms with Crippen molar-refractivity contribution in [3.05, 3.63) is 28.4 Å². The smallest absolute Gasteiger partial charge is 0.413 e. The van der Waals surface area contributed by atoms with Gasteiger partial charge in [0.15, 0.2) is 0 Å². The highest BCUT2D eigenvalue weighted by Gasteiger charge is 2.32. The third kappa shape index (κ3) is 2.79. The molecule has 1 aromatic heterocycles. The van der Waals surface area contributed by atoms with Gasteiger partial charge in [0.05, 0.1) is 4.92 Å². The van der Waals surface area contributed by atoms with Gasteiger partial charge in [-0.3, -0.25) is 15.0 Å². The Kier molecular flexibility index (Phi) is 3.91. The lowest BCUT2D eigenvalue weighted by Crippen LogP contribution is -2.46. The van der Waals surface area contributed by atoms with E-state index in [1.807, 2.05) is 0 Å². The molecule has 1 amide bonds. The topological polar surface area (TPSA) is 109 Å². The van der Waals surface area contributed by atoms with Crippen LogP contribution in [0.25, 0.3) is 0 Å². The lowest BCUT2D eigenvalue weighted by Gasteiger charge is -2.31. The number of amides is 1. The monoisotopic (exact) mass is 266 g/mol. The third-order valence-electron chi connectivity index (χ3n) is 3.07. The van der Waals surface area contributed by atoms with E-state index >= 15 is 0 Å². The van der Waals surface area contributed by atoms with Crippen molar-refractivity contribution in [1.82, 2.24) is 10.3 Å². The van der Waals surface area contributed by atoms with Crippen LogP contribution in [0.5, 0.6) is 0 Å². The number of hydrogen-bond acceptors (Lipinski definition) is 5. The SMILES string of the molecule is O=C(O)N(c1ncccc1[N+](=O)[O-])C1CCNCC1. The molecular weight excluding hydrogens is 252 g/mol. The van der Waals surface area contributed by atoms with E-state index in [0.717, 1.165) is 4.90 Å². The van der Waals surface area contributed by atoms with E-state index in [1.54, 1.807) is 0 Å². The molecule has 0 aliphatic carbocycles. The lowest BCUT2D eigenvalue weighted by atomic mass is 10.1. The first kappa shape index (κ1) is 13.2. The molecule has 1 aliphatic heterocycles. The van der Waals surface area contributed by atoms with Crippen molar-refractivity contribution in [3.8, 4) is 0 Å². The van der Waals surface area contributed by atoms with Crippen LogP contribution in [0.4, 0.5) is 16.3 Å². The second-order valence-corrected chi connectivity index (χ2v) is 4.24. The number of carbonyl (C=O) groups is 1. The Bertz CT molecular complexity index is 487. The number of nitrogens with zero attached hydrogens (tertiary/aromatic N) is 3. The Morgan fingerprint density at radius 3 is 2.79 bits per heavy atom. The molecule has 0 bridgehead atoms. The van der Waals surface area contributed by atoms with Gasteiger partial charge in [-0.25, -0.2) is 9.78 Å². The van der Waals surface area contributed by atoms with E-state index in [4.69, 9.17) is 0 Å².